The van der Waals surface area contributed by atoms with E-state index in [-0.39, 0.29) is 16.7 Å². The van der Waals surface area contributed by atoms with E-state index in [4.69, 9.17) is 0 Å². The molecule has 1 aromatic heterocycles. The van der Waals surface area contributed by atoms with Gasteiger partial charge in [-0.1, -0.05) is 12.1 Å². The normalized spacial score (nSPS) is 17.1. The number of piperazine rings is 1. The first kappa shape index (κ1) is 25.9. The molecule has 2 aliphatic rings. The lowest BCUT2D eigenvalue weighted by Crippen LogP contribution is -2.47. The molecule has 198 valence electrons. The summed E-state index contributed by atoms with van der Waals surface area (Å²) in [4.78, 5) is 33.6. The topological polar surface area (TPSA) is 115 Å². The van der Waals surface area contributed by atoms with Gasteiger partial charge >= 0.3 is 0 Å². The van der Waals surface area contributed by atoms with Crippen LogP contribution in [0.3, 0.4) is 0 Å². The SMILES string of the molecule is CNS(=O)(=O)c1ccc2c(c1)/C(=C/c1[nH]c(C)c(-c3cccc(C(=O)N4CCN(C)CC4)c3)c1C)C(=O)N2. The number of nitrogens with zero attached hydrogens (tertiary/aromatic N) is 2. The van der Waals surface area contributed by atoms with E-state index < -0.39 is 10.0 Å². The minimum absolute atomic E-state index is 0.0275. The number of aromatic nitrogens is 1. The number of likely N-dealkylation sites (N-methyl/N-ethyl adjacent to an activating group) is 1. The highest BCUT2D eigenvalue weighted by molar-refractivity contribution is 7.89. The Morgan fingerprint density at radius 1 is 1.05 bits per heavy atom. The van der Waals surface area contributed by atoms with Crippen LogP contribution in [0.2, 0.25) is 0 Å². The number of rotatable bonds is 5. The zero-order valence-corrected chi connectivity index (χ0v) is 22.7. The summed E-state index contributed by atoms with van der Waals surface area (Å²) in [5.41, 5.74) is 6.58. The van der Waals surface area contributed by atoms with E-state index in [9.17, 15) is 18.0 Å². The third-order valence-corrected chi connectivity index (χ3v) is 8.72. The van der Waals surface area contributed by atoms with Gasteiger partial charge in [0.2, 0.25) is 10.0 Å². The van der Waals surface area contributed by atoms with Crippen LogP contribution < -0.4 is 10.0 Å². The standard InChI is InChI=1S/C28H31N5O4S/c1-17-25(16-23-22-15-21(38(36,37)29-3)8-9-24(22)31-27(23)34)30-18(2)26(17)19-6-5-7-20(14-19)28(35)33-12-10-32(4)11-13-33/h5-9,14-16,29-30H,10-13H2,1-4H3,(H,31,34)/b23-16-. The van der Waals surface area contributed by atoms with Gasteiger partial charge in [0.15, 0.2) is 0 Å². The van der Waals surface area contributed by atoms with Crippen LogP contribution in [0.5, 0.6) is 0 Å². The van der Waals surface area contributed by atoms with Gasteiger partial charge in [-0.05, 0) is 75.5 Å². The molecular formula is C28H31N5O4S. The Morgan fingerprint density at radius 2 is 1.79 bits per heavy atom. The Bertz CT molecular complexity index is 1580. The average Bonchev–Trinajstić information content (AvgIpc) is 3.37. The lowest BCUT2D eigenvalue weighted by atomic mass is 9.98. The van der Waals surface area contributed by atoms with Crippen molar-refractivity contribution in [3.8, 4) is 11.1 Å². The van der Waals surface area contributed by atoms with Gasteiger partial charge in [-0.2, -0.15) is 0 Å². The molecule has 0 atom stereocenters. The van der Waals surface area contributed by atoms with Gasteiger partial charge in [-0.3, -0.25) is 9.59 Å². The molecule has 0 saturated carbocycles. The molecule has 0 spiro atoms. The molecule has 0 unspecified atom stereocenters. The number of aryl methyl sites for hydroxylation is 1. The molecule has 2 aliphatic heterocycles. The maximum absolute atomic E-state index is 13.2. The molecule has 0 aliphatic carbocycles. The number of aromatic amines is 1. The van der Waals surface area contributed by atoms with E-state index in [1.807, 2.05) is 43.0 Å². The molecule has 9 nitrogen and oxygen atoms in total. The molecule has 3 heterocycles. The Morgan fingerprint density at radius 3 is 2.50 bits per heavy atom. The zero-order valence-electron chi connectivity index (χ0n) is 21.9. The molecule has 5 rings (SSSR count). The molecule has 2 amide bonds. The van der Waals surface area contributed by atoms with Crippen molar-refractivity contribution in [1.29, 1.82) is 0 Å². The first-order valence-electron chi connectivity index (χ1n) is 12.5. The fraction of sp³-hybridized carbons (Fsp3) is 0.286. The Labute approximate surface area is 222 Å². The van der Waals surface area contributed by atoms with E-state index in [0.717, 1.165) is 41.2 Å². The van der Waals surface area contributed by atoms with Crippen LogP contribution >= 0.6 is 0 Å². The fourth-order valence-corrected chi connectivity index (χ4v) is 5.85. The Hall–Kier alpha value is -3.73. The quantitative estimate of drug-likeness (QED) is 0.436. The number of amides is 2. The minimum Gasteiger partial charge on any atom is -0.358 e. The van der Waals surface area contributed by atoms with E-state index in [0.29, 0.717) is 35.5 Å². The molecule has 1 saturated heterocycles. The summed E-state index contributed by atoms with van der Waals surface area (Å²) >= 11 is 0. The monoisotopic (exact) mass is 533 g/mol. The lowest BCUT2D eigenvalue weighted by molar-refractivity contribution is -0.110. The van der Waals surface area contributed by atoms with Crippen LogP contribution in [0.4, 0.5) is 5.69 Å². The number of hydrogen-bond donors (Lipinski definition) is 3. The smallest absolute Gasteiger partial charge is 0.256 e. The summed E-state index contributed by atoms with van der Waals surface area (Å²) < 4.78 is 27.0. The summed E-state index contributed by atoms with van der Waals surface area (Å²) in [5.74, 6) is -0.272. The molecule has 1 fully saturated rings. The molecule has 10 heteroatoms. The van der Waals surface area contributed by atoms with Gasteiger partial charge in [0, 0.05) is 59.9 Å². The van der Waals surface area contributed by atoms with Crippen molar-refractivity contribution in [3.05, 3.63) is 70.5 Å². The maximum Gasteiger partial charge on any atom is 0.256 e. The van der Waals surface area contributed by atoms with E-state index in [1.165, 1.54) is 19.2 Å². The molecule has 3 N–H and O–H groups in total. The summed E-state index contributed by atoms with van der Waals surface area (Å²) in [7, 11) is -0.250. The van der Waals surface area contributed by atoms with Crippen LogP contribution in [0, 0.1) is 13.8 Å². The predicted molar refractivity (Wildman–Crippen MR) is 148 cm³/mol. The summed E-state index contributed by atoms with van der Waals surface area (Å²) in [6.45, 7) is 7.06. The first-order chi connectivity index (χ1) is 18.1. The number of anilines is 1. The average molecular weight is 534 g/mol. The fourth-order valence-electron chi connectivity index (χ4n) is 5.09. The molecule has 2 aromatic carbocycles. The van der Waals surface area contributed by atoms with Gasteiger partial charge in [0.1, 0.15) is 0 Å². The molecular weight excluding hydrogens is 502 g/mol. The van der Waals surface area contributed by atoms with Gasteiger partial charge in [0.25, 0.3) is 11.8 Å². The molecule has 3 aromatic rings. The number of carbonyl (C=O) groups is 2. The van der Waals surface area contributed by atoms with Crippen LogP contribution in [0.1, 0.15) is 32.9 Å². The highest BCUT2D eigenvalue weighted by Crippen LogP contribution is 2.37. The third kappa shape index (κ3) is 4.66. The highest BCUT2D eigenvalue weighted by Gasteiger charge is 2.27. The van der Waals surface area contributed by atoms with Crippen LogP contribution in [0.25, 0.3) is 22.8 Å². The number of H-pyrrole nitrogens is 1. The van der Waals surface area contributed by atoms with Crippen molar-refractivity contribution in [2.45, 2.75) is 18.7 Å². The maximum atomic E-state index is 13.2. The summed E-state index contributed by atoms with van der Waals surface area (Å²) in [6, 6.07) is 12.2. The molecule has 0 bridgehead atoms. The highest BCUT2D eigenvalue weighted by atomic mass is 32.2. The van der Waals surface area contributed by atoms with Gasteiger partial charge in [0.05, 0.1) is 10.5 Å². The van der Waals surface area contributed by atoms with Crippen LogP contribution in [0.15, 0.2) is 47.4 Å². The minimum atomic E-state index is -3.66. The third-order valence-electron chi connectivity index (χ3n) is 7.31. The summed E-state index contributed by atoms with van der Waals surface area (Å²) in [5, 5.41) is 2.81. The first-order valence-corrected chi connectivity index (χ1v) is 14.0. The van der Waals surface area contributed by atoms with Crippen molar-refractivity contribution in [2.24, 2.45) is 0 Å². The van der Waals surface area contributed by atoms with Crippen molar-refractivity contribution >= 4 is 39.2 Å². The second-order valence-electron chi connectivity index (χ2n) is 9.77. The molecule has 0 radical (unpaired) electrons. The van der Waals surface area contributed by atoms with E-state index >= 15 is 0 Å². The van der Waals surface area contributed by atoms with E-state index in [2.05, 4.69) is 27.0 Å². The van der Waals surface area contributed by atoms with Gasteiger partial charge in [-0.25, -0.2) is 13.1 Å². The molecule has 38 heavy (non-hydrogen) atoms. The van der Waals surface area contributed by atoms with Crippen molar-refractivity contribution in [1.82, 2.24) is 19.5 Å². The van der Waals surface area contributed by atoms with Crippen LogP contribution in [-0.2, 0) is 14.8 Å². The lowest BCUT2D eigenvalue weighted by Gasteiger charge is -2.32. The van der Waals surface area contributed by atoms with Gasteiger partial charge in [-0.15, -0.1) is 0 Å². The number of nitrogens with one attached hydrogen (secondary N) is 3. The van der Waals surface area contributed by atoms with Crippen molar-refractivity contribution < 1.29 is 18.0 Å². The van der Waals surface area contributed by atoms with Crippen molar-refractivity contribution in [3.63, 3.8) is 0 Å². The second-order valence-corrected chi connectivity index (χ2v) is 11.7. The largest absolute Gasteiger partial charge is 0.358 e. The van der Waals surface area contributed by atoms with Crippen molar-refractivity contribution in [2.75, 3.05) is 45.6 Å². The number of carbonyl (C=O) groups excluding carboxylic acids is 2. The zero-order chi connectivity index (χ0) is 27.2. The Balaban J connectivity index is 1.50. The number of hydrogen-bond acceptors (Lipinski definition) is 5. The Kier molecular flexibility index (Phi) is 6.72. The predicted octanol–water partition coefficient (Wildman–Crippen LogP) is 3.09. The number of fused-ring (bicyclic) bond motifs is 1. The second kappa shape index (κ2) is 9.86. The summed E-state index contributed by atoms with van der Waals surface area (Å²) in [6.07, 6.45) is 1.75. The number of sulfonamides is 1. The van der Waals surface area contributed by atoms with E-state index in [1.54, 1.807) is 12.1 Å². The van der Waals surface area contributed by atoms with Crippen LogP contribution in [-0.4, -0.2) is 75.3 Å². The number of benzene rings is 2. The van der Waals surface area contributed by atoms with Gasteiger partial charge < -0.3 is 20.1 Å².